The SMILES string of the molecule is C[C@@H]1CCN(S(=O)(=O)[C@@H]2CCOC2)CCN1Cc1ccccc1. The van der Waals surface area contributed by atoms with Crippen molar-refractivity contribution in [2.75, 3.05) is 32.8 Å². The Labute approximate surface area is 139 Å². The first-order valence-electron chi connectivity index (χ1n) is 8.42. The maximum Gasteiger partial charge on any atom is 0.219 e. The Hall–Kier alpha value is -0.950. The van der Waals surface area contributed by atoms with Crippen molar-refractivity contribution in [2.45, 2.75) is 37.6 Å². The first-order valence-corrected chi connectivity index (χ1v) is 9.92. The molecule has 23 heavy (non-hydrogen) atoms. The number of rotatable bonds is 4. The number of nitrogens with zero attached hydrogens (tertiary/aromatic N) is 2. The monoisotopic (exact) mass is 338 g/mol. The van der Waals surface area contributed by atoms with E-state index in [2.05, 4.69) is 36.1 Å². The predicted molar refractivity (Wildman–Crippen MR) is 90.6 cm³/mol. The number of ether oxygens (including phenoxy) is 1. The highest BCUT2D eigenvalue weighted by Crippen LogP contribution is 2.22. The third kappa shape index (κ3) is 3.94. The van der Waals surface area contributed by atoms with Crippen molar-refractivity contribution >= 4 is 10.0 Å². The predicted octanol–water partition coefficient (Wildman–Crippen LogP) is 1.70. The average Bonchev–Trinajstić information content (AvgIpc) is 3.03. The molecule has 2 fully saturated rings. The Balaban J connectivity index is 1.65. The highest BCUT2D eigenvalue weighted by molar-refractivity contribution is 7.89. The van der Waals surface area contributed by atoms with E-state index in [9.17, 15) is 8.42 Å². The summed E-state index contributed by atoms with van der Waals surface area (Å²) in [6.45, 7) is 5.96. The highest BCUT2D eigenvalue weighted by Gasteiger charge is 2.36. The van der Waals surface area contributed by atoms with Gasteiger partial charge in [0.25, 0.3) is 0 Å². The molecule has 1 aromatic rings. The molecule has 6 heteroatoms. The summed E-state index contributed by atoms with van der Waals surface area (Å²) in [6, 6.07) is 10.8. The van der Waals surface area contributed by atoms with E-state index in [0.717, 1.165) is 19.5 Å². The lowest BCUT2D eigenvalue weighted by Crippen LogP contribution is -2.41. The van der Waals surface area contributed by atoms with E-state index in [1.807, 2.05) is 6.07 Å². The molecule has 0 unspecified atom stereocenters. The van der Waals surface area contributed by atoms with Crippen LogP contribution in [0.3, 0.4) is 0 Å². The largest absolute Gasteiger partial charge is 0.380 e. The van der Waals surface area contributed by atoms with Crippen molar-refractivity contribution in [3.8, 4) is 0 Å². The summed E-state index contributed by atoms with van der Waals surface area (Å²) in [5.74, 6) is 0. The molecule has 0 amide bonds. The molecule has 2 atom stereocenters. The van der Waals surface area contributed by atoms with Gasteiger partial charge in [0.1, 0.15) is 5.25 Å². The lowest BCUT2D eigenvalue weighted by atomic mass is 10.1. The van der Waals surface area contributed by atoms with Crippen LogP contribution in [0.25, 0.3) is 0 Å². The fraction of sp³-hybridized carbons (Fsp3) is 0.647. The molecule has 1 aromatic carbocycles. The first kappa shape index (κ1) is 16.9. The van der Waals surface area contributed by atoms with Crippen LogP contribution in [0.1, 0.15) is 25.3 Å². The Morgan fingerprint density at radius 2 is 1.91 bits per heavy atom. The Kier molecular flexibility index (Phi) is 5.36. The molecule has 128 valence electrons. The molecule has 2 aliphatic rings. The van der Waals surface area contributed by atoms with Crippen LogP contribution in [-0.4, -0.2) is 61.8 Å². The molecule has 0 saturated carbocycles. The molecule has 0 N–H and O–H groups in total. The van der Waals surface area contributed by atoms with Gasteiger partial charge >= 0.3 is 0 Å². The molecule has 3 rings (SSSR count). The molecule has 2 aliphatic heterocycles. The van der Waals surface area contributed by atoms with Gasteiger partial charge in [-0.25, -0.2) is 12.7 Å². The molecule has 0 aliphatic carbocycles. The number of hydrogen-bond donors (Lipinski definition) is 0. The van der Waals surface area contributed by atoms with Crippen molar-refractivity contribution in [3.63, 3.8) is 0 Å². The molecular formula is C17H26N2O3S. The van der Waals surface area contributed by atoms with E-state index >= 15 is 0 Å². The van der Waals surface area contributed by atoms with E-state index in [1.165, 1.54) is 5.56 Å². The zero-order chi connectivity index (χ0) is 16.3. The van der Waals surface area contributed by atoms with Gasteiger partial charge in [-0.2, -0.15) is 0 Å². The second-order valence-corrected chi connectivity index (χ2v) is 8.74. The first-order chi connectivity index (χ1) is 11.1. The molecule has 5 nitrogen and oxygen atoms in total. The van der Waals surface area contributed by atoms with Crippen LogP contribution < -0.4 is 0 Å². The van der Waals surface area contributed by atoms with Gasteiger partial charge in [0.15, 0.2) is 0 Å². The minimum absolute atomic E-state index is 0.349. The second kappa shape index (κ2) is 7.30. The lowest BCUT2D eigenvalue weighted by molar-refractivity contribution is 0.197. The van der Waals surface area contributed by atoms with E-state index < -0.39 is 10.0 Å². The maximum atomic E-state index is 12.7. The zero-order valence-corrected chi connectivity index (χ0v) is 14.5. The van der Waals surface area contributed by atoms with Gasteiger partial charge in [-0.3, -0.25) is 4.90 Å². The molecule has 0 bridgehead atoms. The third-order valence-corrected chi connectivity index (χ3v) is 7.25. The van der Waals surface area contributed by atoms with Crippen molar-refractivity contribution < 1.29 is 13.2 Å². The van der Waals surface area contributed by atoms with E-state index in [0.29, 0.717) is 38.8 Å². The van der Waals surface area contributed by atoms with Gasteiger partial charge in [0.05, 0.1) is 6.61 Å². The standard InChI is InChI=1S/C17H26N2O3S/c1-15-7-9-19(23(20,21)17-8-12-22-14-17)11-10-18(15)13-16-5-3-2-4-6-16/h2-6,15,17H,7-14H2,1H3/t15-,17-/m1/s1. The van der Waals surface area contributed by atoms with Crippen molar-refractivity contribution in [2.24, 2.45) is 0 Å². The summed E-state index contributed by atoms with van der Waals surface area (Å²) >= 11 is 0. The lowest BCUT2D eigenvalue weighted by Gasteiger charge is -2.26. The normalized spacial score (nSPS) is 27.9. The van der Waals surface area contributed by atoms with Gasteiger partial charge in [-0.1, -0.05) is 30.3 Å². The zero-order valence-electron chi connectivity index (χ0n) is 13.7. The minimum Gasteiger partial charge on any atom is -0.380 e. The summed E-state index contributed by atoms with van der Waals surface area (Å²) in [4.78, 5) is 2.38. The van der Waals surface area contributed by atoms with Crippen molar-refractivity contribution in [1.82, 2.24) is 9.21 Å². The van der Waals surface area contributed by atoms with Gasteiger partial charge in [0.2, 0.25) is 10.0 Å². The fourth-order valence-corrected chi connectivity index (χ4v) is 5.13. The summed E-state index contributed by atoms with van der Waals surface area (Å²) in [5, 5.41) is -0.349. The molecule has 0 spiro atoms. The summed E-state index contributed by atoms with van der Waals surface area (Å²) in [7, 11) is -3.22. The van der Waals surface area contributed by atoms with Crippen LogP contribution >= 0.6 is 0 Å². The smallest absolute Gasteiger partial charge is 0.219 e. The minimum atomic E-state index is -3.22. The molecular weight excluding hydrogens is 312 g/mol. The van der Waals surface area contributed by atoms with Crippen LogP contribution in [-0.2, 0) is 21.3 Å². The van der Waals surface area contributed by atoms with E-state index in [-0.39, 0.29) is 5.25 Å². The molecule has 0 aromatic heterocycles. The van der Waals surface area contributed by atoms with Crippen LogP contribution in [0.5, 0.6) is 0 Å². The summed E-state index contributed by atoms with van der Waals surface area (Å²) in [6.07, 6.45) is 1.50. The highest BCUT2D eigenvalue weighted by atomic mass is 32.2. The summed E-state index contributed by atoms with van der Waals surface area (Å²) in [5.41, 5.74) is 1.28. The van der Waals surface area contributed by atoms with Crippen LogP contribution in [0.15, 0.2) is 30.3 Å². The maximum absolute atomic E-state index is 12.7. The van der Waals surface area contributed by atoms with Gasteiger partial charge in [-0.15, -0.1) is 0 Å². The Bertz CT molecular complexity index is 600. The number of benzene rings is 1. The van der Waals surface area contributed by atoms with Gasteiger partial charge in [-0.05, 0) is 25.3 Å². The van der Waals surface area contributed by atoms with E-state index in [4.69, 9.17) is 4.74 Å². The van der Waals surface area contributed by atoms with Crippen molar-refractivity contribution in [3.05, 3.63) is 35.9 Å². The van der Waals surface area contributed by atoms with E-state index in [1.54, 1.807) is 4.31 Å². The Morgan fingerprint density at radius 1 is 1.13 bits per heavy atom. The molecule has 2 saturated heterocycles. The Morgan fingerprint density at radius 3 is 2.61 bits per heavy atom. The van der Waals surface area contributed by atoms with Gasteiger partial charge < -0.3 is 4.74 Å². The van der Waals surface area contributed by atoms with Crippen LogP contribution in [0, 0.1) is 0 Å². The number of hydrogen-bond acceptors (Lipinski definition) is 4. The summed E-state index contributed by atoms with van der Waals surface area (Å²) < 4.78 is 32.4. The van der Waals surface area contributed by atoms with Crippen LogP contribution in [0.2, 0.25) is 0 Å². The van der Waals surface area contributed by atoms with Crippen molar-refractivity contribution in [1.29, 1.82) is 0 Å². The quantitative estimate of drug-likeness (QED) is 0.838. The van der Waals surface area contributed by atoms with Crippen LogP contribution in [0.4, 0.5) is 0 Å². The van der Waals surface area contributed by atoms with Gasteiger partial charge in [0, 0.05) is 38.8 Å². The number of sulfonamides is 1. The average molecular weight is 338 g/mol. The molecule has 0 radical (unpaired) electrons. The fourth-order valence-electron chi connectivity index (χ4n) is 3.35. The second-order valence-electron chi connectivity index (χ2n) is 6.52. The third-order valence-electron chi connectivity index (χ3n) is 4.95. The topological polar surface area (TPSA) is 49.9 Å². The molecule has 2 heterocycles.